The number of fused-ring (bicyclic) bond motifs is 1. The van der Waals surface area contributed by atoms with E-state index in [1.807, 2.05) is 24.4 Å². The Morgan fingerprint density at radius 3 is 2.95 bits per heavy atom. The van der Waals surface area contributed by atoms with Crippen LogP contribution in [0.3, 0.4) is 0 Å². The Morgan fingerprint density at radius 2 is 2.15 bits per heavy atom. The quantitative estimate of drug-likeness (QED) is 0.789. The number of benzene rings is 1. The van der Waals surface area contributed by atoms with Crippen molar-refractivity contribution >= 4 is 21.6 Å². The monoisotopic (exact) mass is 287 g/mol. The van der Waals surface area contributed by atoms with Gasteiger partial charge < -0.3 is 5.11 Å². The molecule has 0 radical (unpaired) electrons. The maximum Gasteiger partial charge on any atom is 0.123 e. The van der Waals surface area contributed by atoms with Crippen LogP contribution >= 0.6 is 11.3 Å². The molecule has 1 N–H and O–H groups in total. The summed E-state index contributed by atoms with van der Waals surface area (Å²) in [5.74, 6) is -0.248. The van der Waals surface area contributed by atoms with E-state index in [9.17, 15) is 9.50 Å². The molecule has 0 bridgehead atoms. The van der Waals surface area contributed by atoms with E-state index in [0.29, 0.717) is 6.42 Å². The van der Waals surface area contributed by atoms with Gasteiger partial charge in [0.05, 0.1) is 16.3 Å². The zero-order chi connectivity index (χ0) is 14.1. The first-order chi connectivity index (χ1) is 9.63. The van der Waals surface area contributed by atoms with Crippen molar-refractivity contribution < 1.29 is 9.50 Å². The Balaban J connectivity index is 1.86. The van der Waals surface area contributed by atoms with Crippen molar-refractivity contribution in [1.29, 1.82) is 0 Å². The lowest BCUT2D eigenvalue weighted by Crippen LogP contribution is -2.04. The van der Waals surface area contributed by atoms with Crippen molar-refractivity contribution in [3.63, 3.8) is 0 Å². The van der Waals surface area contributed by atoms with Gasteiger partial charge in [0, 0.05) is 18.2 Å². The first-order valence-corrected chi connectivity index (χ1v) is 7.28. The molecule has 0 amide bonds. The van der Waals surface area contributed by atoms with Gasteiger partial charge in [0.1, 0.15) is 5.82 Å². The van der Waals surface area contributed by atoms with Crippen LogP contribution < -0.4 is 0 Å². The van der Waals surface area contributed by atoms with Crippen LogP contribution in [0.15, 0.2) is 41.9 Å². The van der Waals surface area contributed by atoms with Gasteiger partial charge in [-0.3, -0.25) is 4.98 Å². The van der Waals surface area contributed by atoms with E-state index < -0.39 is 6.10 Å². The number of nitrogens with zero attached hydrogens (tertiary/aromatic N) is 1. The maximum atomic E-state index is 13.1. The molecule has 2 heterocycles. The average Bonchev–Trinajstić information content (AvgIpc) is 2.89. The predicted molar refractivity (Wildman–Crippen MR) is 79.4 cm³/mol. The van der Waals surface area contributed by atoms with E-state index in [-0.39, 0.29) is 5.82 Å². The molecule has 0 saturated carbocycles. The number of aliphatic hydroxyl groups is 1. The normalized spacial score (nSPS) is 12.8. The largest absolute Gasteiger partial charge is 0.388 e. The molecule has 4 heteroatoms. The number of aryl methyl sites for hydroxylation is 1. The number of aliphatic hydroxyl groups excluding tert-OH is 1. The van der Waals surface area contributed by atoms with Gasteiger partial charge in [-0.1, -0.05) is 6.07 Å². The molecule has 2 nitrogen and oxygen atoms in total. The minimum absolute atomic E-state index is 0.248. The summed E-state index contributed by atoms with van der Waals surface area (Å²) in [7, 11) is 0. The molecule has 0 fully saturated rings. The van der Waals surface area contributed by atoms with E-state index >= 15 is 0 Å². The molecule has 3 aromatic rings. The standard InChI is InChI=1S/C16H14FNOS/c1-10-6-13(17)3-2-11(10)7-15(19)12-8-16-14(18-9-12)4-5-20-16/h2-6,8-9,15,19H,7H2,1H3. The summed E-state index contributed by atoms with van der Waals surface area (Å²) >= 11 is 1.61. The van der Waals surface area contributed by atoms with Crippen molar-refractivity contribution in [2.75, 3.05) is 0 Å². The fourth-order valence-electron chi connectivity index (χ4n) is 2.26. The van der Waals surface area contributed by atoms with Crippen molar-refractivity contribution in [2.24, 2.45) is 0 Å². The van der Waals surface area contributed by atoms with Crippen LogP contribution in [0.1, 0.15) is 22.8 Å². The molecular weight excluding hydrogens is 273 g/mol. The zero-order valence-corrected chi connectivity index (χ0v) is 11.8. The molecule has 1 unspecified atom stereocenters. The van der Waals surface area contributed by atoms with Gasteiger partial charge in [-0.25, -0.2) is 4.39 Å². The lowest BCUT2D eigenvalue weighted by molar-refractivity contribution is 0.178. The highest BCUT2D eigenvalue weighted by molar-refractivity contribution is 7.17. The van der Waals surface area contributed by atoms with Crippen LogP contribution in [-0.4, -0.2) is 10.1 Å². The zero-order valence-electron chi connectivity index (χ0n) is 11.0. The van der Waals surface area contributed by atoms with Crippen molar-refractivity contribution in [1.82, 2.24) is 4.98 Å². The molecule has 20 heavy (non-hydrogen) atoms. The Labute approximate surface area is 120 Å². The Hall–Kier alpha value is -1.78. The summed E-state index contributed by atoms with van der Waals surface area (Å²) in [6, 6.07) is 8.57. The van der Waals surface area contributed by atoms with Gasteiger partial charge in [-0.2, -0.15) is 0 Å². The molecular formula is C16H14FNOS. The van der Waals surface area contributed by atoms with Crippen LogP contribution in [0.5, 0.6) is 0 Å². The van der Waals surface area contributed by atoms with Crippen molar-refractivity contribution in [2.45, 2.75) is 19.4 Å². The summed E-state index contributed by atoms with van der Waals surface area (Å²) in [4.78, 5) is 4.33. The highest BCUT2D eigenvalue weighted by Crippen LogP contribution is 2.25. The van der Waals surface area contributed by atoms with Crippen LogP contribution in [0.4, 0.5) is 4.39 Å². The molecule has 102 valence electrons. The molecule has 0 spiro atoms. The van der Waals surface area contributed by atoms with Gasteiger partial charge in [0.25, 0.3) is 0 Å². The SMILES string of the molecule is Cc1cc(F)ccc1CC(O)c1cnc2ccsc2c1. The fraction of sp³-hybridized carbons (Fsp3) is 0.188. The average molecular weight is 287 g/mol. The third kappa shape index (κ3) is 2.57. The second kappa shape index (κ2) is 5.31. The summed E-state index contributed by atoms with van der Waals surface area (Å²) in [6.45, 7) is 1.85. The minimum atomic E-state index is -0.627. The smallest absolute Gasteiger partial charge is 0.123 e. The maximum absolute atomic E-state index is 13.1. The van der Waals surface area contributed by atoms with Crippen molar-refractivity contribution in [3.8, 4) is 0 Å². The van der Waals surface area contributed by atoms with E-state index in [4.69, 9.17) is 0 Å². The highest BCUT2D eigenvalue weighted by atomic mass is 32.1. The lowest BCUT2D eigenvalue weighted by atomic mass is 9.99. The van der Waals surface area contributed by atoms with Gasteiger partial charge in [0.15, 0.2) is 0 Å². The number of aromatic nitrogens is 1. The first-order valence-electron chi connectivity index (χ1n) is 6.40. The molecule has 1 atom stereocenters. The van der Waals surface area contributed by atoms with Crippen LogP contribution in [0, 0.1) is 12.7 Å². The number of pyridine rings is 1. The van der Waals surface area contributed by atoms with Crippen molar-refractivity contribution in [3.05, 3.63) is 64.4 Å². The van der Waals surface area contributed by atoms with Crippen LogP contribution in [-0.2, 0) is 6.42 Å². The molecule has 1 aromatic carbocycles. The molecule has 0 saturated heterocycles. The second-order valence-corrected chi connectivity index (χ2v) is 5.81. The molecule has 3 rings (SSSR count). The third-order valence-corrected chi connectivity index (χ3v) is 4.28. The Bertz CT molecular complexity index is 753. The van der Waals surface area contributed by atoms with Gasteiger partial charge in [0.2, 0.25) is 0 Å². The van der Waals surface area contributed by atoms with Crippen LogP contribution in [0.2, 0.25) is 0 Å². The van der Waals surface area contributed by atoms with E-state index in [1.165, 1.54) is 12.1 Å². The topological polar surface area (TPSA) is 33.1 Å². The van der Waals surface area contributed by atoms with Crippen LogP contribution in [0.25, 0.3) is 10.2 Å². The Kier molecular flexibility index (Phi) is 3.51. The molecule has 0 aliphatic rings. The third-order valence-electron chi connectivity index (χ3n) is 3.43. The second-order valence-electron chi connectivity index (χ2n) is 4.86. The minimum Gasteiger partial charge on any atom is -0.388 e. The number of thiophene rings is 1. The lowest BCUT2D eigenvalue weighted by Gasteiger charge is -2.13. The van der Waals surface area contributed by atoms with E-state index in [0.717, 1.165) is 26.9 Å². The van der Waals surface area contributed by atoms with E-state index in [2.05, 4.69) is 4.98 Å². The fourth-order valence-corrected chi connectivity index (χ4v) is 3.05. The molecule has 0 aliphatic heterocycles. The highest BCUT2D eigenvalue weighted by Gasteiger charge is 2.12. The predicted octanol–water partition coefficient (Wildman–Crippen LogP) is 4.02. The summed E-state index contributed by atoms with van der Waals surface area (Å²) in [5, 5.41) is 12.3. The molecule has 2 aromatic heterocycles. The van der Waals surface area contributed by atoms with Gasteiger partial charge in [-0.05, 0) is 47.7 Å². The Morgan fingerprint density at radius 1 is 1.30 bits per heavy atom. The summed E-state index contributed by atoms with van der Waals surface area (Å²) in [6.07, 6.45) is 1.54. The number of rotatable bonds is 3. The first kappa shape index (κ1) is 13.2. The van der Waals surface area contributed by atoms with Gasteiger partial charge in [-0.15, -0.1) is 11.3 Å². The van der Waals surface area contributed by atoms with Gasteiger partial charge >= 0.3 is 0 Å². The summed E-state index contributed by atoms with van der Waals surface area (Å²) in [5.41, 5.74) is 3.55. The summed E-state index contributed by atoms with van der Waals surface area (Å²) < 4.78 is 14.1. The number of hydrogen-bond acceptors (Lipinski definition) is 3. The van der Waals surface area contributed by atoms with E-state index in [1.54, 1.807) is 23.6 Å². The number of hydrogen-bond donors (Lipinski definition) is 1. The molecule has 0 aliphatic carbocycles. The number of halogens is 1.